The third-order valence-electron chi connectivity index (χ3n) is 13.6. The lowest BCUT2D eigenvalue weighted by molar-refractivity contribution is -0.283. The van der Waals surface area contributed by atoms with Gasteiger partial charge in [-0.3, -0.25) is 14.4 Å². The van der Waals surface area contributed by atoms with Crippen LogP contribution >= 0.6 is 0 Å². The lowest BCUT2D eigenvalue weighted by atomic mass is 9.79. The minimum absolute atomic E-state index is 0.0591. The van der Waals surface area contributed by atoms with Gasteiger partial charge in [0.25, 0.3) is 0 Å². The van der Waals surface area contributed by atoms with Crippen molar-refractivity contribution in [1.29, 1.82) is 0 Å². The first kappa shape index (κ1) is 48.7. The summed E-state index contributed by atoms with van der Waals surface area (Å²) in [6, 6.07) is -0.887. The van der Waals surface area contributed by atoms with E-state index in [0.29, 0.717) is 63.5 Å². The van der Waals surface area contributed by atoms with Crippen molar-refractivity contribution < 1.29 is 49.1 Å². The number of esters is 1. The second kappa shape index (κ2) is 22.8. The summed E-state index contributed by atoms with van der Waals surface area (Å²) < 4.78 is 12.5. The number of nitrogens with zero attached hydrogens (tertiary/aromatic N) is 1. The summed E-state index contributed by atoms with van der Waals surface area (Å²) in [6.07, 6.45) is 15.0. The molecule has 3 heterocycles. The molecule has 2 saturated heterocycles. The number of ether oxygens (including phenoxy) is 2. The number of Topliss-reactive ketones (excluding diaryl/α,β-unsaturated/α-hetero) is 2. The quantitative estimate of drug-likeness (QED) is 0.170. The van der Waals surface area contributed by atoms with E-state index in [2.05, 4.69) is 0 Å². The van der Waals surface area contributed by atoms with Crippen LogP contribution < -0.4 is 0 Å². The molecule has 4 N–H and O–H groups in total. The Morgan fingerprint density at radius 3 is 2.29 bits per heavy atom. The fourth-order valence-corrected chi connectivity index (χ4v) is 9.42. The van der Waals surface area contributed by atoms with E-state index in [0.717, 1.165) is 24.8 Å². The van der Waals surface area contributed by atoms with Gasteiger partial charge in [0.15, 0.2) is 5.79 Å². The lowest BCUT2D eigenvalue weighted by Crippen LogP contribution is -2.54. The van der Waals surface area contributed by atoms with Crippen LogP contribution in [-0.2, 0) is 28.7 Å². The number of rotatable bonds is 3. The molecule has 13 atom stereocenters. The normalized spacial score (nSPS) is 40.7. The number of aliphatic hydroxyl groups excluding tert-OH is 3. The summed E-state index contributed by atoms with van der Waals surface area (Å²) >= 11 is 0. The van der Waals surface area contributed by atoms with Crippen molar-refractivity contribution in [2.75, 3.05) is 6.54 Å². The summed E-state index contributed by atoms with van der Waals surface area (Å²) in [5.41, 5.74) is 1.26. The van der Waals surface area contributed by atoms with Crippen molar-refractivity contribution in [1.82, 2.24) is 4.90 Å². The lowest BCUT2D eigenvalue weighted by Gasteiger charge is -2.44. The zero-order chi connectivity index (χ0) is 43.4. The van der Waals surface area contributed by atoms with Crippen molar-refractivity contribution in [3.05, 3.63) is 47.6 Å². The minimum atomic E-state index is -1.78. The maximum absolute atomic E-state index is 14.2. The molecule has 59 heavy (non-hydrogen) atoms. The topological polar surface area (TPSA) is 171 Å². The standard InChI is InChI=1S/C48H75NO10/c1-30-14-9-8-10-15-31(2)41(51)26-39-20-19-36(7)48(57,59-39)29-46(55)49-21-12-11-18-40(49)47(56)58-45(35(6)24-37-16-13-17-38(50)25-37)28-44(54)34(5)23-33(4)43(53)27-42(52)32(3)22-30/h8-10,14-15,23,30,32,34-41,43,45,50-51,53,57H,11-13,16-22,24-29H2,1-7H3/b10-8+,14-9+,31-15+,33-23+/t30-,32-,34-,35-,36-,37+,38+,39+,40?,41+,43+,45+,48+/m1/s1. The summed E-state index contributed by atoms with van der Waals surface area (Å²) in [4.78, 5) is 56.8. The predicted octanol–water partition coefficient (Wildman–Crippen LogP) is 7.10. The van der Waals surface area contributed by atoms with Gasteiger partial charge in [-0.15, -0.1) is 0 Å². The Balaban J connectivity index is 1.62. The van der Waals surface area contributed by atoms with Crippen LogP contribution in [-0.4, -0.2) is 97.7 Å². The van der Waals surface area contributed by atoms with Crippen molar-refractivity contribution >= 4 is 23.4 Å². The second-order valence-electron chi connectivity index (χ2n) is 18.8. The molecular formula is C48H75NO10. The number of hydrogen-bond donors (Lipinski definition) is 4. The van der Waals surface area contributed by atoms with Gasteiger partial charge in [0.2, 0.25) is 5.91 Å². The molecule has 0 aromatic rings. The number of aliphatic hydroxyl groups is 4. The molecule has 332 valence electrons. The van der Waals surface area contributed by atoms with Crippen molar-refractivity contribution in [2.24, 2.45) is 35.5 Å². The Labute approximate surface area is 353 Å². The summed E-state index contributed by atoms with van der Waals surface area (Å²) in [5, 5.41) is 44.4. The highest BCUT2D eigenvalue weighted by Gasteiger charge is 2.46. The van der Waals surface area contributed by atoms with Crippen LogP contribution in [0.4, 0.5) is 0 Å². The van der Waals surface area contributed by atoms with E-state index in [4.69, 9.17) is 9.47 Å². The van der Waals surface area contributed by atoms with E-state index in [-0.39, 0.29) is 72.9 Å². The van der Waals surface area contributed by atoms with E-state index < -0.39 is 54.0 Å². The van der Waals surface area contributed by atoms with Gasteiger partial charge < -0.3 is 34.8 Å². The average Bonchev–Trinajstić information content (AvgIpc) is 3.18. The monoisotopic (exact) mass is 826 g/mol. The zero-order valence-electron chi connectivity index (χ0n) is 36.9. The molecule has 1 saturated carbocycles. The zero-order valence-corrected chi connectivity index (χ0v) is 36.9. The number of fused-ring (bicyclic) bond motifs is 3. The van der Waals surface area contributed by atoms with Crippen molar-refractivity contribution in [3.63, 3.8) is 0 Å². The van der Waals surface area contributed by atoms with E-state index in [1.807, 2.05) is 65.0 Å². The number of cyclic esters (lactones) is 1. The molecule has 3 aliphatic heterocycles. The fraction of sp³-hybridized carbons (Fsp3) is 0.750. The molecular weight excluding hydrogens is 751 g/mol. The molecule has 4 rings (SSSR count). The number of carbonyl (C=O) groups excluding carboxylic acids is 4. The molecule has 2 bridgehead atoms. The fourth-order valence-electron chi connectivity index (χ4n) is 9.42. The minimum Gasteiger partial charge on any atom is -0.460 e. The van der Waals surface area contributed by atoms with Crippen LogP contribution in [0.5, 0.6) is 0 Å². The molecule has 0 spiro atoms. The first-order valence-corrected chi connectivity index (χ1v) is 22.6. The molecule has 11 nitrogen and oxygen atoms in total. The highest BCUT2D eigenvalue weighted by atomic mass is 16.6. The van der Waals surface area contributed by atoms with Gasteiger partial charge >= 0.3 is 5.97 Å². The highest BCUT2D eigenvalue weighted by Crippen LogP contribution is 2.38. The van der Waals surface area contributed by atoms with Crippen LogP contribution in [0.25, 0.3) is 0 Å². The van der Waals surface area contributed by atoms with Gasteiger partial charge in [-0.2, -0.15) is 0 Å². The van der Waals surface area contributed by atoms with Gasteiger partial charge in [0.05, 0.1) is 30.8 Å². The molecule has 0 aromatic heterocycles. The van der Waals surface area contributed by atoms with Crippen molar-refractivity contribution in [3.8, 4) is 0 Å². The van der Waals surface area contributed by atoms with Gasteiger partial charge in [0, 0.05) is 43.6 Å². The SMILES string of the molecule is C/C1=C\[C@@H](C)C(=O)C[C@@H]([C@H](C)C[C@@H]2CCC[C@H](O)C2)OC(=O)C2CCCCN2C(=O)C[C@]2(O)O[C@@H](CC[C@H]2C)C[C@H](O)/C(C)=C/C=C/C=C/[C@@H](C)C[C@@H](C)C(=O)C[C@@H]1O. The number of allylic oxidation sites excluding steroid dienone is 6. The predicted molar refractivity (Wildman–Crippen MR) is 228 cm³/mol. The number of ketones is 2. The van der Waals surface area contributed by atoms with Gasteiger partial charge in [-0.1, -0.05) is 83.9 Å². The van der Waals surface area contributed by atoms with Gasteiger partial charge in [-0.05, 0) is 101 Å². The third kappa shape index (κ3) is 14.6. The van der Waals surface area contributed by atoms with E-state index >= 15 is 0 Å². The maximum atomic E-state index is 14.2. The van der Waals surface area contributed by atoms with Gasteiger partial charge in [0.1, 0.15) is 23.7 Å². The Morgan fingerprint density at radius 1 is 0.814 bits per heavy atom. The highest BCUT2D eigenvalue weighted by molar-refractivity contribution is 5.86. The molecule has 1 amide bonds. The van der Waals surface area contributed by atoms with Crippen LogP contribution in [0.1, 0.15) is 145 Å². The molecule has 0 radical (unpaired) electrons. The Kier molecular flexibility index (Phi) is 18.8. The summed E-state index contributed by atoms with van der Waals surface area (Å²) in [6.45, 7) is 13.3. The molecule has 1 aliphatic carbocycles. The summed E-state index contributed by atoms with van der Waals surface area (Å²) in [7, 11) is 0. The van der Waals surface area contributed by atoms with Gasteiger partial charge in [-0.25, -0.2) is 4.79 Å². The van der Waals surface area contributed by atoms with Crippen LogP contribution in [0, 0.1) is 35.5 Å². The number of hydrogen-bond acceptors (Lipinski definition) is 10. The second-order valence-corrected chi connectivity index (χ2v) is 18.8. The first-order chi connectivity index (χ1) is 27.9. The molecule has 11 heteroatoms. The number of amides is 1. The largest absolute Gasteiger partial charge is 0.460 e. The molecule has 3 fully saturated rings. The van der Waals surface area contributed by atoms with E-state index in [1.165, 1.54) is 4.90 Å². The maximum Gasteiger partial charge on any atom is 0.329 e. The Hall–Kier alpha value is -2.96. The van der Waals surface area contributed by atoms with Crippen LogP contribution in [0.15, 0.2) is 47.6 Å². The number of carbonyl (C=O) groups is 4. The van der Waals surface area contributed by atoms with E-state index in [9.17, 15) is 39.6 Å². The molecule has 0 aromatic carbocycles. The van der Waals surface area contributed by atoms with E-state index in [1.54, 1.807) is 19.9 Å². The van der Waals surface area contributed by atoms with Crippen molar-refractivity contribution in [2.45, 2.75) is 187 Å². The van der Waals surface area contributed by atoms with Crippen LogP contribution in [0.3, 0.4) is 0 Å². The average molecular weight is 826 g/mol. The first-order valence-electron chi connectivity index (χ1n) is 22.6. The third-order valence-corrected chi connectivity index (χ3v) is 13.6. The van der Waals surface area contributed by atoms with Crippen LogP contribution in [0.2, 0.25) is 0 Å². The Morgan fingerprint density at radius 2 is 1.56 bits per heavy atom. The smallest absolute Gasteiger partial charge is 0.329 e. The molecule has 1 unspecified atom stereocenters. The number of piperidine rings is 1. The summed E-state index contributed by atoms with van der Waals surface area (Å²) in [5.74, 6) is -4.15. The molecule has 4 aliphatic rings. The Bertz CT molecular complexity index is 1550.